The van der Waals surface area contributed by atoms with Crippen molar-refractivity contribution < 1.29 is 9.15 Å². The summed E-state index contributed by atoms with van der Waals surface area (Å²) in [5, 5.41) is 8.22. The van der Waals surface area contributed by atoms with E-state index in [4.69, 9.17) is 14.1 Å². The molecule has 0 aliphatic carbocycles. The van der Waals surface area contributed by atoms with Gasteiger partial charge in [-0.3, -0.25) is 4.99 Å². The molecule has 0 saturated carbocycles. The van der Waals surface area contributed by atoms with Gasteiger partial charge in [-0.1, -0.05) is 18.2 Å². The van der Waals surface area contributed by atoms with Crippen LogP contribution in [0.5, 0.6) is 0 Å². The molecule has 3 aromatic rings. The highest BCUT2D eigenvalue weighted by molar-refractivity contribution is 5.84. The Labute approximate surface area is 171 Å². The average Bonchev–Trinajstić information content (AvgIpc) is 3.48. The first-order chi connectivity index (χ1) is 14.3. The first-order valence-corrected chi connectivity index (χ1v) is 10.5. The van der Waals surface area contributed by atoms with Crippen LogP contribution < -0.4 is 10.6 Å². The summed E-state index contributed by atoms with van der Waals surface area (Å²) in [7, 11) is 0. The molecule has 0 radical (unpaired) electrons. The van der Waals surface area contributed by atoms with Gasteiger partial charge in [0.05, 0.1) is 18.9 Å². The van der Waals surface area contributed by atoms with E-state index in [9.17, 15) is 0 Å². The number of benzene rings is 1. The van der Waals surface area contributed by atoms with Crippen molar-refractivity contribution in [2.45, 2.75) is 38.7 Å². The van der Waals surface area contributed by atoms with Crippen LogP contribution in [0.4, 0.5) is 0 Å². The predicted octanol–water partition coefficient (Wildman–Crippen LogP) is 3.57. The molecule has 1 aromatic carbocycles. The SMILES string of the molecule is Cc1[nH]c2ccccc2c1CCNC(=NCC1CCCO1)NCCc1ccco1. The van der Waals surface area contributed by atoms with Gasteiger partial charge in [-0.2, -0.15) is 0 Å². The number of hydrogen-bond donors (Lipinski definition) is 3. The first-order valence-electron chi connectivity index (χ1n) is 10.5. The highest BCUT2D eigenvalue weighted by Crippen LogP contribution is 2.21. The number of aliphatic imine (C=N–C) groups is 1. The van der Waals surface area contributed by atoms with Crippen molar-refractivity contribution in [1.29, 1.82) is 0 Å². The summed E-state index contributed by atoms with van der Waals surface area (Å²) in [4.78, 5) is 8.24. The second-order valence-corrected chi connectivity index (χ2v) is 7.53. The van der Waals surface area contributed by atoms with E-state index in [1.807, 2.05) is 12.1 Å². The van der Waals surface area contributed by atoms with E-state index >= 15 is 0 Å². The standard InChI is InChI=1S/C23H30N4O2/c1-17-20(21-8-2-3-9-22(21)27-17)11-13-25-23(26-16-19-7-5-15-29-19)24-12-10-18-6-4-14-28-18/h2-4,6,8-9,14,19,27H,5,7,10-13,15-16H2,1H3,(H2,24,25,26). The summed E-state index contributed by atoms with van der Waals surface area (Å²) < 4.78 is 11.1. The molecule has 4 rings (SSSR count). The van der Waals surface area contributed by atoms with Crippen LogP contribution in [0, 0.1) is 6.92 Å². The number of H-pyrrole nitrogens is 1. The number of aromatic amines is 1. The van der Waals surface area contributed by atoms with Crippen molar-refractivity contribution in [3.05, 3.63) is 59.7 Å². The Balaban J connectivity index is 1.34. The minimum Gasteiger partial charge on any atom is -0.469 e. The molecule has 3 N–H and O–H groups in total. The molecule has 1 aliphatic heterocycles. The molecule has 3 heterocycles. The van der Waals surface area contributed by atoms with Gasteiger partial charge in [0.2, 0.25) is 0 Å². The van der Waals surface area contributed by atoms with Gasteiger partial charge in [-0.15, -0.1) is 0 Å². The summed E-state index contributed by atoms with van der Waals surface area (Å²) in [5.74, 6) is 1.81. The zero-order valence-corrected chi connectivity index (χ0v) is 17.0. The highest BCUT2D eigenvalue weighted by atomic mass is 16.5. The van der Waals surface area contributed by atoms with Crippen LogP contribution in [0.3, 0.4) is 0 Å². The Morgan fingerprint density at radius 2 is 2.00 bits per heavy atom. The van der Waals surface area contributed by atoms with Gasteiger partial charge in [0.1, 0.15) is 5.76 Å². The maximum atomic E-state index is 5.71. The number of fused-ring (bicyclic) bond motifs is 1. The minimum absolute atomic E-state index is 0.245. The Hall–Kier alpha value is -2.73. The number of rotatable bonds is 8. The van der Waals surface area contributed by atoms with Crippen LogP contribution in [0.25, 0.3) is 10.9 Å². The monoisotopic (exact) mass is 394 g/mol. The van der Waals surface area contributed by atoms with Gasteiger partial charge in [-0.05, 0) is 49.9 Å². The molecule has 1 aliphatic rings. The Kier molecular flexibility index (Phi) is 6.52. The Morgan fingerprint density at radius 1 is 1.14 bits per heavy atom. The number of furan rings is 1. The van der Waals surface area contributed by atoms with Gasteiger partial charge >= 0.3 is 0 Å². The van der Waals surface area contributed by atoms with Crippen molar-refractivity contribution in [2.75, 3.05) is 26.2 Å². The van der Waals surface area contributed by atoms with Crippen molar-refractivity contribution in [3.8, 4) is 0 Å². The molecular formula is C23H30N4O2. The first kappa shape index (κ1) is 19.6. The van der Waals surface area contributed by atoms with Crippen LogP contribution >= 0.6 is 0 Å². The summed E-state index contributed by atoms with van der Waals surface area (Å²) in [6, 6.07) is 12.4. The smallest absolute Gasteiger partial charge is 0.191 e. The maximum Gasteiger partial charge on any atom is 0.191 e. The van der Waals surface area contributed by atoms with E-state index in [0.717, 1.165) is 57.1 Å². The number of nitrogens with one attached hydrogen (secondary N) is 3. The predicted molar refractivity (Wildman–Crippen MR) is 116 cm³/mol. The van der Waals surface area contributed by atoms with Crippen LogP contribution in [-0.2, 0) is 17.6 Å². The lowest BCUT2D eigenvalue weighted by Gasteiger charge is -2.14. The van der Waals surface area contributed by atoms with Gasteiger partial charge in [0, 0.05) is 42.7 Å². The number of aryl methyl sites for hydroxylation is 1. The number of guanidine groups is 1. The molecule has 1 atom stereocenters. The summed E-state index contributed by atoms with van der Waals surface area (Å²) in [5.41, 5.74) is 3.79. The van der Waals surface area contributed by atoms with Gasteiger partial charge in [-0.25, -0.2) is 0 Å². The number of para-hydroxylation sites is 1. The quantitative estimate of drug-likeness (QED) is 0.403. The van der Waals surface area contributed by atoms with Crippen LogP contribution in [0.15, 0.2) is 52.1 Å². The topological polar surface area (TPSA) is 74.6 Å². The van der Waals surface area contributed by atoms with Crippen LogP contribution in [0.2, 0.25) is 0 Å². The lowest BCUT2D eigenvalue weighted by molar-refractivity contribution is 0.117. The summed E-state index contributed by atoms with van der Waals surface area (Å²) in [6.45, 7) is 5.29. The van der Waals surface area contributed by atoms with Crippen LogP contribution in [0.1, 0.15) is 29.9 Å². The van der Waals surface area contributed by atoms with Gasteiger partial charge in [0.25, 0.3) is 0 Å². The third-order valence-electron chi connectivity index (χ3n) is 5.42. The second kappa shape index (κ2) is 9.65. The number of ether oxygens (including phenoxy) is 1. The fourth-order valence-electron chi connectivity index (χ4n) is 3.88. The molecule has 1 saturated heterocycles. The van der Waals surface area contributed by atoms with Crippen molar-refractivity contribution in [3.63, 3.8) is 0 Å². The molecule has 1 fully saturated rings. The second-order valence-electron chi connectivity index (χ2n) is 7.53. The molecule has 6 nitrogen and oxygen atoms in total. The van der Waals surface area contributed by atoms with E-state index < -0.39 is 0 Å². The molecule has 29 heavy (non-hydrogen) atoms. The third-order valence-corrected chi connectivity index (χ3v) is 5.42. The van der Waals surface area contributed by atoms with Gasteiger partial charge < -0.3 is 24.8 Å². The van der Waals surface area contributed by atoms with Crippen molar-refractivity contribution in [1.82, 2.24) is 15.6 Å². The zero-order chi connectivity index (χ0) is 19.9. The maximum absolute atomic E-state index is 5.71. The number of nitrogens with zero attached hydrogens (tertiary/aromatic N) is 1. The molecule has 154 valence electrons. The van der Waals surface area contributed by atoms with E-state index in [2.05, 4.69) is 46.8 Å². The fraction of sp³-hybridized carbons (Fsp3) is 0.435. The van der Waals surface area contributed by atoms with E-state index in [1.165, 1.54) is 22.2 Å². The van der Waals surface area contributed by atoms with E-state index in [-0.39, 0.29) is 6.10 Å². The van der Waals surface area contributed by atoms with E-state index in [0.29, 0.717) is 6.54 Å². The lowest BCUT2D eigenvalue weighted by atomic mass is 10.1. The third kappa shape index (κ3) is 5.21. The lowest BCUT2D eigenvalue weighted by Crippen LogP contribution is -2.40. The normalized spacial score (nSPS) is 17.1. The molecule has 2 aromatic heterocycles. The van der Waals surface area contributed by atoms with E-state index in [1.54, 1.807) is 6.26 Å². The molecule has 0 spiro atoms. The van der Waals surface area contributed by atoms with Crippen molar-refractivity contribution >= 4 is 16.9 Å². The molecule has 0 bridgehead atoms. The molecule has 1 unspecified atom stereocenters. The molecule has 6 heteroatoms. The van der Waals surface area contributed by atoms with Crippen LogP contribution in [-0.4, -0.2) is 43.3 Å². The number of aromatic nitrogens is 1. The minimum atomic E-state index is 0.245. The Morgan fingerprint density at radius 3 is 2.79 bits per heavy atom. The number of hydrogen-bond acceptors (Lipinski definition) is 3. The summed E-state index contributed by atoms with van der Waals surface area (Å²) >= 11 is 0. The van der Waals surface area contributed by atoms with Crippen molar-refractivity contribution in [2.24, 2.45) is 4.99 Å². The summed E-state index contributed by atoms with van der Waals surface area (Å²) in [6.07, 6.45) is 5.95. The average molecular weight is 395 g/mol. The molecule has 0 amide bonds. The Bertz CT molecular complexity index is 924. The van der Waals surface area contributed by atoms with Gasteiger partial charge in [0.15, 0.2) is 5.96 Å². The molecular weight excluding hydrogens is 364 g/mol. The largest absolute Gasteiger partial charge is 0.469 e. The highest BCUT2D eigenvalue weighted by Gasteiger charge is 2.15. The zero-order valence-electron chi connectivity index (χ0n) is 17.0. The fourth-order valence-corrected chi connectivity index (χ4v) is 3.88.